The van der Waals surface area contributed by atoms with E-state index in [0.29, 0.717) is 5.69 Å². The molecule has 0 unspecified atom stereocenters. The van der Waals surface area contributed by atoms with E-state index in [2.05, 4.69) is 15.3 Å². The molecule has 0 bridgehead atoms. The van der Waals surface area contributed by atoms with Crippen LogP contribution in [0.5, 0.6) is 0 Å². The monoisotopic (exact) mass is 409 g/mol. The Morgan fingerprint density at radius 1 is 1.19 bits per heavy atom. The number of thiophene rings is 1. The molecule has 0 aliphatic heterocycles. The number of thioether (sulfide) groups is 1. The minimum absolute atomic E-state index is 0.123. The molecule has 2 heterocycles. The number of nitrogens with one attached hydrogen (secondary N) is 1. The summed E-state index contributed by atoms with van der Waals surface area (Å²) >= 11 is 3.00. The maximum atomic E-state index is 12.6. The summed E-state index contributed by atoms with van der Waals surface area (Å²) in [5.74, 6) is -0.170. The maximum absolute atomic E-state index is 12.6. The molecule has 27 heavy (non-hydrogen) atoms. The Hall–Kier alpha value is -2.13. The van der Waals surface area contributed by atoms with Crippen LogP contribution in [-0.4, -0.2) is 21.6 Å². The van der Waals surface area contributed by atoms with Crippen LogP contribution in [0.1, 0.15) is 22.4 Å². The van der Waals surface area contributed by atoms with Crippen molar-refractivity contribution >= 4 is 44.9 Å². The van der Waals surface area contributed by atoms with Gasteiger partial charge in [0.05, 0.1) is 11.3 Å². The van der Waals surface area contributed by atoms with Crippen molar-refractivity contribution in [3.63, 3.8) is 0 Å². The van der Waals surface area contributed by atoms with Gasteiger partial charge in [-0.15, -0.1) is 11.3 Å². The molecule has 0 fully saturated rings. The molecule has 4 nitrogen and oxygen atoms in total. The topological polar surface area (TPSA) is 54.9 Å². The van der Waals surface area contributed by atoms with Crippen LogP contribution in [0.3, 0.4) is 0 Å². The Morgan fingerprint density at radius 3 is 2.70 bits per heavy atom. The Kier molecular flexibility index (Phi) is 4.81. The molecule has 2 aromatic heterocycles. The smallest absolute Gasteiger partial charge is 0.325 e. The number of nitrogens with zero attached hydrogens (tertiary/aromatic N) is 2. The first-order valence-electron chi connectivity index (χ1n) is 8.27. The quantitative estimate of drug-likeness (QED) is 0.490. The van der Waals surface area contributed by atoms with Crippen LogP contribution in [0.25, 0.3) is 10.2 Å². The number of amides is 1. The Morgan fingerprint density at radius 2 is 1.96 bits per heavy atom. The molecular weight excluding hydrogens is 395 g/mol. The van der Waals surface area contributed by atoms with E-state index in [0.717, 1.165) is 46.6 Å². The molecule has 0 spiro atoms. The molecule has 1 amide bonds. The average molecular weight is 409 g/mol. The van der Waals surface area contributed by atoms with Crippen LogP contribution in [-0.2, 0) is 23.8 Å². The van der Waals surface area contributed by atoms with Gasteiger partial charge in [-0.3, -0.25) is 4.79 Å². The summed E-state index contributed by atoms with van der Waals surface area (Å²) in [6.07, 6.45) is 0.315. The molecule has 1 aromatic carbocycles. The average Bonchev–Trinajstić information content (AvgIpc) is 3.20. The molecule has 0 radical (unpaired) electrons. The van der Waals surface area contributed by atoms with Crippen LogP contribution >= 0.6 is 23.1 Å². The zero-order chi connectivity index (χ0) is 19.0. The molecular formula is C18H14F3N3OS2. The molecule has 4 rings (SSSR count). The minimum Gasteiger partial charge on any atom is -0.325 e. The zero-order valence-electron chi connectivity index (χ0n) is 14.0. The van der Waals surface area contributed by atoms with Crippen molar-refractivity contribution in [3.05, 3.63) is 46.6 Å². The first-order chi connectivity index (χ1) is 12.9. The van der Waals surface area contributed by atoms with Crippen molar-refractivity contribution in [2.75, 3.05) is 11.1 Å². The predicted molar refractivity (Wildman–Crippen MR) is 100 cm³/mol. The highest BCUT2D eigenvalue weighted by Crippen LogP contribution is 2.40. The SMILES string of the molecule is O=C(CSc1ncnc2sc3c(c12)CCC3)Nc1ccc(C(F)(F)F)cc1. The number of fused-ring (bicyclic) bond motifs is 3. The molecule has 3 aromatic rings. The molecule has 0 saturated heterocycles. The Bertz CT molecular complexity index is 999. The number of aryl methyl sites for hydroxylation is 2. The summed E-state index contributed by atoms with van der Waals surface area (Å²) in [6, 6.07) is 4.40. The van der Waals surface area contributed by atoms with Gasteiger partial charge in [0.15, 0.2) is 0 Å². The van der Waals surface area contributed by atoms with Gasteiger partial charge in [-0.25, -0.2) is 9.97 Å². The molecule has 1 aliphatic rings. The summed E-state index contributed by atoms with van der Waals surface area (Å²) in [7, 11) is 0. The van der Waals surface area contributed by atoms with Crippen LogP contribution in [0.4, 0.5) is 18.9 Å². The first kappa shape index (κ1) is 18.2. The number of rotatable bonds is 4. The second kappa shape index (κ2) is 7.12. The molecule has 9 heteroatoms. The lowest BCUT2D eigenvalue weighted by Crippen LogP contribution is -2.14. The second-order valence-electron chi connectivity index (χ2n) is 6.13. The fourth-order valence-corrected chi connectivity index (χ4v) is 5.20. The van der Waals surface area contributed by atoms with E-state index in [-0.39, 0.29) is 11.7 Å². The molecule has 0 saturated carbocycles. The van der Waals surface area contributed by atoms with E-state index < -0.39 is 11.7 Å². The lowest BCUT2D eigenvalue weighted by atomic mass is 10.2. The number of halogens is 3. The first-order valence-corrected chi connectivity index (χ1v) is 10.1. The standard InChI is InChI=1S/C18H14F3N3OS2/c19-18(20,21)10-4-6-11(7-5-10)24-14(25)8-26-16-15-12-2-1-3-13(12)27-17(15)23-9-22-16/h4-7,9H,1-3,8H2,(H,24,25). The van der Waals surface area contributed by atoms with Crippen molar-refractivity contribution < 1.29 is 18.0 Å². The van der Waals surface area contributed by atoms with Gasteiger partial charge in [-0.1, -0.05) is 11.8 Å². The van der Waals surface area contributed by atoms with E-state index in [1.807, 2.05) is 0 Å². The number of benzene rings is 1. The maximum Gasteiger partial charge on any atom is 0.416 e. The van der Waals surface area contributed by atoms with Crippen molar-refractivity contribution in [2.45, 2.75) is 30.5 Å². The fraction of sp³-hybridized carbons (Fsp3) is 0.278. The summed E-state index contributed by atoms with van der Waals surface area (Å²) in [5, 5.41) is 4.44. The Labute approximate surface area is 161 Å². The van der Waals surface area contributed by atoms with E-state index in [9.17, 15) is 18.0 Å². The third kappa shape index (κ3) is 3.79. The Balaban J connectivity index is 1.43. The van der Waals surface area contributed by atoms with Crippen molar-refractivity contribution in [2.24, 2.45) is 0 Å². The predicted octanol–water partition coefficient (Wildman–Crippen LogP) is 4.93. The lowest BCUT2D eigenvalue weighted by Gasteiger charge is -2.09. The normalized spacial score (nSPS) is 13.7. The number of hydrogen-bond acceptors (Lipinski definition) is 5. The van der Waals surface area contributed by atoms with Gasteiger partial charge in [0.1, 0.15) is 16.2 Å². The van der Waals surface area contributed by atoms with Crippen LogP contribution in [0.2, 0.25) is 0 Å². The number of carbonyl (C=O) groups is 1. The van der Waals surface area contributed by atoms with E-state index in [4.69, 9.17) is 0 Å². The van der Waals surface area contributed by atoms with Crippen molar-refractivity contribution in [1.82, 2.24) is 9.97 Å². The van der Waals surface area contributed by atoms with Crippen LogP contribution in [0, 0.1) is 0 Å². The van der Waals surface area contributed by atoms with Crippen molar-refractivity contribution in [3.8, 4) is 0 Å². The summed E-state index contributed by atoms with van der Waals surface area (Å²) in [4.78, 5) is 23.1. The second-order valence-corrected chi connectivity index (χ2v) is 8.18. The number of carbonyl (C=O) groups excluding carboxylic acids is 1. The van der Waals surface area contributed by atoms with E-state index in [1.165, 1.54) is 40.7 Å². The number of hydrogen-bond donors (Lipinski definition) is 1. The van der Waals surface area contributed by atoms with Gasteiger partial charge in [0.2, 0.25) is 5.91 Å². The van der Waals surface area contributed by atoms with E-state index >= 15 is 0 Å². The van der Waals surface area contributed by atoms with Crippen LogP contribution < -0.4 is 5.32 Å². The van der Waals surface area contributed by atoms with Crippen LogP contribution in [0.15, 0.2) is 35.6 Å². The fourth-order valence-electron chi connectivity index (χ4n) is 3.08. The zero-order valence-corrected chi connectivity index (χ0v) is 15.6. The summed E-state index contributed by atoms with van der Waals surface area (Å²) < 4.78 is 37.8. The number of alkyl halides is 3. The van der Waals surface area contributed by atoms with Gasteiger partial charge < -0.3 is 5.32 Å². The molecule has 140 valence electrons. The molecule has 0 atom stereocenters. The number of anilines is 1. The highest BCUT2D eigenvalue weighted by atomic mass is 32.2. The highest BCUT2D eigenvalue weighted by molar-refractivity contribution is 8.00. The summed E-state index contributed by atoms with van der Waals surface area (Å²) in [5.41, 5.74) is 0.878. The number of aromatic nitrogens is 2. The van der Waals surface area contributed by atoms with Gasteiger partial charge in [0, 0.05) is 16.0 Å². The molecule has 1 aliphatic carbocycles. The van der Waals surface area contributed by atoms with Gasteiger partial charge in [0.25, 0.3) is 0 Å². The van der Waals surface area contributed by atoms with Gasteiger partial charge in [-0.2, -0.15) is 13.2 Å². The third-order valence-electron chi connectivity index (χ3n) is 4.30. The highest BCUT2D eigenvalue weighted by Gasteiger charge is 2.30. The lowest BCUT2D eigenvalue weighted by molar-refractivity contribution is -0.137. The molecule has 1 N–H and O–H groups in total. The summed E-state index contributed by atoms with van der Waals surface area (Å²) in [6.45, 7) is 0. The third-order valence-corrected chi connectivity index (χ3v) is 6.49. The van der Waals surface area contributed by atoms with Crippen molar-refractivity contribution in [1.29, 1.82) is 0 Å². The van der Waals surface area contributed by atoms with Gasteiger partial charge in [-0.05, 0) is 49.1 Å². The van der Waals surface area contributed by atoms with E-state index in [1.54, 1.807) is 11.3 Å². The largest absolute Gasteiger partial charge is 0.416 e. The van der Waals surface area contributed by atoms with Gasteiger partial charge >= 0.3 is 6.18 Å². The minimum atomic E-state index is -4.39.